The summed E-state index contributed by atoms with van der Waals surface area (Å²) in [7, 11) is 0. The van der Waals surface area contributed by atoms with E-state index in [0.717, 1.165) is 24.7 Å². The van der Waals surface area contributed by atoms with E-state index in [4.69, 9.17) is 4.74 Å². The highest BCUT2D eigenvalue weighted by molar-refractivity contribution is 5.80. The molecule has 0 amide bonds. The van der Waals surface area contributed by atoms with Crippen molar-refractivity contribution in [3.63, 3.8) is 0 Å². The Bertz CT molecular complexity index is 400. The smallest absolute Gasteiger partial charge is 0.309 e. The van der Waals surface area contributed by atoms with Crippen LogP contribution in [0.3, 0.4) is 0 Å². The van der Waals surface area contributed by atoms with Gasteiger partial charge in [0.25, 0.3) is 0 Å². The van der Waals surface area contributed by atoms with Crippen molar-refractivity contribution in [3.05, 3.63) is 0 Å². The molecule has 1 unspecified atom stereocenters. The zero-order valence-electron chi connectivity index (χ0n) is 12.1. The molecular formula is C17H24O3. The molecule has 4 bridgehead atoms. The molecule has 0 aromatic carbocycles. The second-order valence-electron chi connectivity index (χ2n) is 7.65. The molecule has 3 nitrogen and oxygen atoms in total. The predicted octanol–water partition coefficient (Wildman–Crippen LogP) is 3.11. The van der Waals surface area contributed by atoms with Crippen molar-refractivity contribution in [3.8, 4) is 0 Å². The summed E-state index contributed by atoms with van der Waals surface area (Å²) >= 11 is 0. The van der Waals surface area contributed by atoms with Crippen LogP contribution >= 0.6 is 0 Å². The maximum absolute atomic E-state index is 12.6. The Morgan fingerprint density at radius 2 is 1.65 bits per heavy atom. The molecule has 3 heteroatoms. The first-order valence-corrected chi connectivity index (χ1v) is 8.41. The molecular weight excluding hydrogens is 252 g/mol. The first-order chi connectivity index (χ1) is 9.69. The highest BCUT2D eigenvalue weighted by atomic mass is 16.5. The molecule has 0 aliphatic heterocycles. The third-order valence-electron chi connectivity index (χ3n) is 6.22. The maximum Gasteiger partial charge on any atom is 0.309 e. The highest BCUT2D eigenvalue weighted by Gasteiger charge is 2.51. The Hall–Kier alpha value is -0.860. The van der Waals surface area contributed by atoms with E-state index in [2.05, 4.69) is 0 Å². The van der Waals surface area contributed by atoms with E-state index in [1.807, 2.05) is 0 Å². The number of hydrogen-bond donors (Lipinski definition) is 0. The van der Waals surface area contributed by atoms with Gasteiger partial charge in [-0.3, -0.25) is 9.59 Å². The Labute approximate surface area is 120 Å². The average Bonchev–Trinajstić information content (AvgIpc) is 2.37. The monoisotopic (exact) mass is 276 g/mol. The molecule has 0 saturated heterocycles. The lowest BCUT2D eigenvalue weighted by Gasteiger charge is -2.53. The van der Waals surface area contributed by atoms with Crippen LogP contribution in [0.2, 0.25) is 0 Å². The first-order valence-electron chi connectivity index (χ1n) is 8.41. The number of esters is 1. The molecule has 0 spiro atoms. The third-order valence-corrected chi connectivity index (χ3v) is 6.22. The van der Waals surface area contributed by atoms with Gasteiger partial charge in [0, 0.05) is 12.8 Å². The van der Waals surface area contributed by atoms with Crippen molar-refractivity contribution in [2.45, 2.75) is 63.9 Å². The molecule has 5 aliphatic carbocycles. The minimum Gasteiger partial charge on any atom is -0.462 e. The van der Waals surface area contributed by atoms with Crippen molar-refractivity contribution in [1.82, 2.24) is 0 Å². The van der Waals surface area contributed by atoms with Gasteiger partial charge in [-0.2, -0.15) is 0 Å². The van der Waals surface area contributed by atoms with Gasteiger partial charge in [-0.25, -0.2) is 0 Å². The summed E-state index contributed by atoms with van der Waals surface area (Å²) in [6.07, 6.45) is 9.17. The minimum absolute atomic E-state index is 0.0264. The Balaban J connectivity index is 1.42. The van der Waals surface area contributed by atoms with Gasteiger partial charge in [0.1, 0.15) is 11.9 Å². The van der Waals surface area contributed by atoms with Crippen molar-refractivity contribution in [1.29, 1.82) is 0 Å². The molecule has 5 rings (SSSR count). The molecule has 5 aliphatic rings. The summed E-state index contributed by atoms with van der Waals surface area (Å²) < 4.78 is 5.73. The fourth-order valence-corrected chi connectivity index (χ4v) is 5.64. The van der Waals surface area contributed by atoms with Crippen LogP contribution in [0, 0.1) is 29.6 Å². The van der Waals surface area contributed by atoms with E-state index in [-0.39, 0.29) is 23.8 Å². The van der Waals surface area contributed by atoms with Crippen LogP contribution in [0.4, 0.5) is 0 Å². The summed E-state index contributed by atoms with van der Waals surface area (Å²) in [5, 5.41) is 0. The summed E-state index contributed by atoms with van der Waals surface area (Å²) in [6.45, 7) is 0. The number of hydrogen-bond acceptors (Lipinski definition) is 3. The second kappa shape index (κ2) is 4.85. The zero-order chi connectivity index (χ0) is 13.7. The Morgan fingerprint density at radius 3 is 2.25 bits per heavy atom. The molecule has 20 heavy (non-hydrogen) atoms. The van der Waals surface area contributed by atoms with Crippen LogP contribution in [0.5, 0.6) is 0 Å². The highest BCUT2D eigenvalue weighted by Crippen LogP contribution is 2.56. The lowest BCUT2D eigenvalue weighted by Crippen LogP contribution is -2.49. The number of Topliss-reactive ketones (excluding diaryl/α,β-unsaturated/α-hetero) is 1. The first kappa shape index (κ1) is 12.8. The van der Waals surface area contributed by atoms with Gasteiger partial charge in [0.05, 0.1) is 5.92 Å². The minimum atomic E-state index is -0.124. The lowest BCUT2D eigenvalue weighted by molar-refractivity contribution is -0.169. The molecule has 1 atom stereocenters. The third kappa shape index (κ3) is 2.19. The van der Waals surface area contributed by atoms with Gasteiger partial charge in [-0.1, -0.05) is 0 Å². The van der Waals surface area contributed by atoms with E-state index < -0.39 is 0 Å². The molecule has 0 radical (unpaired) electrons. The van der Waals surface area contributed by atoms with Crippen LogP contribution in [-0.4, -0.2) is 17.9 Å². The van der Waals surface area contributed by atoms with Crippen LogP contribution in [0.15, 0.2) is 0 Å². The number of carbonyl (C=O) groups is 2. The van der Waals surface area contributed by atoms with E-state index in [1.165, 1.54) is 32.1 Å². The molecule has 0 N–H and O–H groups in total. The predicted molar refractivity (Wildman–Crippen MR) is 73.9 cm³/mol. The quantitative estimate of drug-likeness (QED) is 0.728. The van der Waals surface area contributed by atoms with Crippen molar-refractivity contribution in [2.75, 3.05) is 0 Å². The summed E-state index contributed by atoms with van der Waals surface area (Å²) in [5.41, 5.74) is 0. The van der Waals surface area contributed by atoms with Gasteiger partial charge >= 0.3 is 5.97 Å². The van der Waals surface area contributed by atoms with E-state index in [1.54, 1.807) is 0 Å². The second-order valence-corrected chi connectivity index (χ2v) is 7.65. The lowest BCUT2D eigenvalue weighted by atomic mass is 9.52. The normalized spacial score (nSPS) is 46.5. The molecule has 5 saturated carbocycles. The number of ketones is 1. The molecule has 5 fully saturated rings. The van der Waals surface area contributed by atoms with E-state index >= 15 is 0 Å². The van der Waals surface area contributed by atoms with Crippen LogP contribution < -0.4 is 0 Å². The number of carbonyl (C=O) groups excluding carboxylic acids is 2. The number of ether oxygens (including phenoxy) is 1. The van der Waals surface area contributed by atoms with E-state index in [9.17, 15) is 9.59 Å². The van der Waals surface area contributed by atoms with Crippen LogP contribution in [0.25, 0.3) is 0 Å². The van der Waals surface area contributed by atoms with Crippen molar-refractivity contribution < 1.29 is 14.3 Å². The zero-order valence-corrected chi connectivity index (χ0v) is 12.1. The molecule has 0 aromatic rings. The summed E-state index contributed by atoms with van der Waals surface area (Å²) in [6, 6.07) is 0. The van der Waals surface area contributed by atoms with Gasteiger partial charge in [0.2, 0.25) is 0 Å². The Kier molecular flexibility index (Phi) is 3.12. The van der Waals surface area contributed by atoms with Crippen molar-refractivity contribution >= 4 is 11.8 Å². The summed E-state index contributed by atoms with van der Waals surface area (Å²) in [4.78, 5) is 24.1. The standard InChI is InChI=1S/C17H24O3/c18-14-2-1-3-15(9-14)20-17(19)16-12-5-10-4-11(7-12)8-13(16)6-10/h10-13,15-16H,1-9H2. The van der Waals surface area contributed by atoms with E-state index in [0.29, 0.717) is 24.7 Å². The van der Waals surface area contributed by atoms with Gasteiger partial charge < -0.3 is 4.74 Å². The SMILES string of the molecule is O=C1CCCC(OC(=O)C2C3CC4CC(C3)CC2C4)C1. The molecule has 0 heterocycles. The van der Waals surface area contributed by atoms with Crippen LogP contribution in [0.1, 0.15) is 57.8 Å². The van der Waals surface area contributed by atoms with Gasteiger partial charge in [-0.05, 0) is 68.6 Å². The Morgan fingerprint density at radius 1 is 1.00 bits per heavy atom. The molecule has 0 aromatic heterocycles. The molecule has 110 valence electrons. The average molecular weight is 276 g/mol. The fourth-order valence-electron chi connectivity index (χ4n) is 5.64. The topological polar surface area (TPSA) is 43.4 Å². The van der Waals surface area contributed by atoms with Gasteiger partial charge in [0.15, 0.2) is 0 Å². The number of rotatable bonds is 2. The fraction of sp³-hybridized carbons (Fsp3) is 0.882. The van der Waals surface area contributed by atoms with Crippen LogP contribution in [-0.2, 0) is 14.3 Å². The van der Waals surface area contributed by atoms with Crippen molar-refractivity contribution in [2.24, 2.45) is 29.6 Å². The van der Waals surface area contributed by atoms with Gasteiger partial charge in [-0.15, -0.1) is 0 Å². The summed E-state index contributed by atoms with van der Waals surface area (Å²) in [5.74, 6) is 3.38. The maximum atomic E-state index is 12.6. The largest absolute Gasteiger partial charge is 0.462 e.